The molecular formula is C13H16BrNO4. The molecule has 0 saturated heterocycles. The third-order valence-corrected chi connectivity index (χ3v) is 3.50. The van der Waals surface area contributed by atoms with Gasteiger partial charge in [0, 0.05) is 30.2 Å². The Balaban J connectivity index is 2.75. The Morgan fingerprint density at radius 2 is 2.16 bits per heavy atom. The van der Waals surface area contributed by atoms with Crippen LogP contribution in [0.1, 0.15) is 22.3 Å². The molecule has 1 aromatic rings. The molecule has 0 fully saturated rings. The topological polar surface area (TPSA) is 75.6 Å². The second kappa shape index (κ2) is 7.25. The summed E-state index contributed by atoms with van der Waals surface area (Å²) in [5.41, 5.74) is 1.42. The highest BCUT2D eigenvalue weighted by Gasteiger charge is 2.20. The Morgan fingerprint density at radius 1 is 1.47 bits per heavy atom. The van der Waals surface area contributed by atoms with E-state index in [1.54, 1.807) is 18.2 Å². The van der Waals surface area contributed by atoms with E-state index in [1.165, 1.54) is 7.11 Å². The Morgan fingerprint density at radius 3 is 2.68 bits per heavy atom. The number of carboxylic acid groups (broad SMARTS) is 1. The lowest BCUT2D eigenvalue weighted by Crippen LogP contribution is -2.41. The number of hydrogen-bond acceptors (Lipinski definition) is 3. The van der Waals surface area contributed by atoms with Crippen molar-refractivity contribution in [1.82, 2.24) is 5.32 Å². The summed E-state index contributed by atoms with van der Waals surface area (Å²) in [5, 5.41) is 11.5. The van der Waals surface area contributed by atoms with Crippen LogP contribution in [-0.2, 0) is 9.53 Å². The van der Waals surface area contributed by atoms with E-state index < -0.39 is 17.9 Å². The summed E-state index contributed by atoms with van der Waals surface area (Å²) in [6.07, 6.45) is 0.227. The van der Waals surface area contributed by atoms with Gasteiger partial charge in [-0.15, -0.1) is 0 Å². The highest BCUT2D eigenvalue weighted by atomic mass is 79.9. The van der Waals surface area contributed by atoms with Gasteiger partial charge < -0.3 is 15.2 Å². The van der Waals surface area contributed by atoms with Crippen molar-refractivity contribution in [3.8, 4) is 0 Å². The van der Waals surface area contributed by atoms with Gasteiger partial charge in [-0.05, 0) is 24.6 Å². The fourth-order valence-corrected chi connectivity index (χ4v) is 1.85. The smallest absolute Gasteiger partial charge is 0.326 e. The number of ether oxygens (including phenoxy) is 1. The van der Waals surface area contributed by atoms with Crippen molar-refractivity contribution in [1.29, 1.82) is 0 Å². The first-order valence-electron chi connectivity index (χ1n) is 5.74. The van der Waals surface area contributed by atoms with E-state index in [0.29, 0.717) is 5.56 Å². The van der Waals surface area contributed by atoms with E-state index in [1.807, 2.05) is 6.92 Å². The van der Waals surface area contributed by atoms with Crippen LogP contribution in [0.15, 0.2) is 22.7 Å². The molecular weight excluding hydrogens is 314 g/mol. The quantitative estimate of drug-likeness (QED) is 0.836. The van der Waals surface area contributed by atoms with Crippen LogP contribution in [0, 0.1) is 6.92 Å². The number of rotatable bonds is 6. The van der Waals surface area contributed by atoms with Gasteiger partial charge in [-0.3, -0.25) is 4.79 Å². The van der Waals surface area contributed by atoms with Gasteiger partial charge in [0.05, 0.1) is 0 Å². The molecule has 0 saturated carbocycles. The molecule has 19 heavy (non-hydrogen) atoms. The molecule has 0 aliphatic carbocycles. The van der Waals surface area contributed by atoms with Gasteiger partial charge in [0.25, 0.3) is 5.91 Å². The fourth-order valence-electron chi connectivity index (χ4n) is 1.47. The van der Waals surface area contributed by atoms with Crippen molar-refractivity contribution in [2.24, 2.45) is 0 Å². The molecule has 5 nitrogen and oxygen atoms in total. The number of aryl methyl sites for hydroxylation is 1. The summed E-state index contributed by atoms with van der Waals surface area (Å²) in [7, 11) is 1.48. The van der Waals surface area contributed by atoms with E-state index in [2.05, 4.69) is 21.2 Å². The molecule has 0 spiro atoms. The van der Waals surface area contributed by atoms with Crippen molar-refractivity contribution in [3.63, 3.8) is 0 Å². The van der Waals surface area contributed by atoms with Crippen molar-refractivity contribution < 1.29 is 19.4 Å². The summed E-state index contributed by atoms with van der Waals surface area (Å²) in [5.74, 6) is -1.49. The lowest BCUT2D eigenvalue weighted by Gasteiger charge is -2.14. The zero-order valence-electron chi connectivity index (χ0n) is 10.8. The normalized spacial score (nSPS) is 11.9. The van der Waals surface area contributed by atoms with E-state index in [-0.39, 0.29) is 13.0 Å². The molecule has 2 N–H and O–H groups in total. The van der Waals surface area contributed by atoms with E-state index >= 15 is 0 Å². The maximum Gasteiger partial charge on any atom is 0.326 e. The Bertz CT molecular complexity index is 476. The average molecular weight is 330 g/mol. The van der Waals surface area contributed by atoms with Crippen LogP contribution >= 0.6 is 15.9 Å². The third kappa shape index (κ3) is 4.65. The number of carbonyl (C=O) groups is 2. The molecule has 0 bridgehead atoms. The summed E-state index contributed by atoms with van der Waals surface area (Å²) in [4.78, 5) is 23.0. The number of halogens is 1. The summed E-state index contributed by atoms with van der Waals surface area (Å²) in [6.45, 7) is 2.18. The minimum absolute atomic E-state index is 0.227. The molecule has 1 unspecified atom stereocenters. The second-order valence-electron chi connectivity index (χ2n) is 4.11. The lowest BCUT2D eigenvalue weighted by atomic mass is 10.1. The van der Waals surface area contributed by atoms with Crippen molar-refractivity contribution in [2.45, 2.75) is 19.4 Å². The Kier molecular flexibility index (Phi) is 5.98. The average Bonchev–Trinajstić information content (AvgIpc) is 2.37. The number of hydrogen-bond donors (Lipinski definition) is 2. The van der Waals surface area contributed by atoms with Gasteiger partial charge in [-0.1, -0.05) is 22.0 Å². The first-order valence-corrected chi connectivity index (χ1v) is 6.53. The number of aliphatic carboxylic acids is 1. The third-order valence-electron chi connectivity index (χ3n) is 2.65. The van der Waals surface area contributed by atoms with Crippen LogP contribution in [0.25, 0.3) is 0 Å². The van der Waals surface area contributed by atoms with Crippen molar-refractivity contribution in [3.05, 3.63) is 33.8 Å². The highest BCUT2D eigenvalue weighted by molar-refractivity contribution is 9.10. The zero-order valence-corrected chi connectivity index (χ0v) is 12.4. The van der Waals surface area contributed by atoms with Crippen LogP contribution in [0.5, 0.6) is 0 Å². The molecule has 1 rings (SSSR count). The summed E-state index contributed by atoms with van der Waals surface area (Å²) in [6, 6.07) is 4.17. The minimum Gasteiger partial charge on any atom is -0.480 e. The maximum absolute atomic E-state index is 12.0. The van der Waals surface area contributed by atoms with Gasteiger partial charge in [0.1, 0.15) is 6.04 Å². The predicted molar refractivity (Wildman–Crippen MR) is 74.3 cm³/mol. The van der Waals surface area contributed by atoms with Crippen LogP contribution in [-0.4, -0.2) is 36.7 Å². The second-order valence-corrected chi connectivity index (χ2v) is 4.96. The van der Waals surface area contributed by atoms with Crippen LogP contribution in [0.3, 0.4) is 0 Å². The summed E-state index contributed by atoms with van der Waals surface area (Å²) >= 11 is 3.34. The van der Waals surface area contributed by atoms with Gasteiger partial charge in [0.15, 0.2) is 0 Å². The number of amides is 1. The van der Waals surface area contributed by atoms with Crippen LogP contribution < -0.4 is 5.32 Å². The van der Waals surface area contributed by atoms with Gasteiger partial charge in [-0.2, -0.15) is 0 Å². The van der Waals surface area contributed by atoms with Gasteiger partial charge in [-0.25, -0.2) is 4.79 Å². The van der Waals surface area contributed by atoms with Crippen LogP contribution in [0.2, 0.25) is 0 Å². The Labute approximate surface area is 120 Å². The van der Waals surface area contributed by atoms with Crippen molar-refractivity contribution in [2.75, 3.05) is 13.7 Å². The minimum atomic E-state index is -1.07. The zero-order chi connectivity index (χ0) is 14.4. The fraction of sp³-hybridized carbons (Fsp3) is 0.385. The molecule has 104 valence electrons. The van der Waals surface area contributed by atoms with Gasteiger partial charge in [0.2, 0.25) is 0 Å². The molecule has 0 radical (unpaired) electrons. The first-order chi connectivity index (χ1) is 8.95. The SMILES string of the molecule is COCCC(NC(=O)c1ccc(C)c(Br)c1)C(=O)O. The monoisotopic (exact) mass is 329 g/mol. The Hall–Kier alpha value is -1.40. The van der Waals surface area contributed by atoms with E-state index in [9.17, 15) is 9.59 Å². The first kappa shape index (κ1) is 15.7. The van der Waals surface area contributed by atoms with E-state index in [4.69, 9.17) is 9.84 Å². The molecule has 6 heteroatoms. The number of carbonyl (C=O) groups excluding carboxylic acids is 1. The molecule has 0 aliphatic heterocycles. The molecule has 1 atom stereocenters. The molecule has 0 aromatic heterocycles. The predicted octanol–water partition coefficient (Wildman–Crippen LogP) is 1.98. The van der Waals surface area contributed by atoms with E-state index in [0.717, 1.165) is 10.0 Å². The number of benzene rings is 1. The molecule has 1 amide bonds. The van der Waals surface area contributed by atoms with Gasteiger partial charge >= 0.3 is 5.97 Å². The number of methoxy groups -OCH3 is 1. The highest BCUT2D eigenvalue weighted by Crippen LogP contribution is 2.17. The number of nitrogens with one attached hydrogen (secondary N) is 1. The molecule has 1 aromatic carbocycles. The lowest BCUT2D eigenvalue weighted by molar-refractivity contribution is -0.139. The summed E-state index contributed by atoms with van der Waals surface area (Å²) < 4.78 is 5.63. The van der Waals surface area contributed by atoms with Crippen molar-refractivity contribution >= 4 is 27.8 Å². The maximum atomic E-state index is 12.0. The number of carboxylic acids is 1. The molecule has 0 heterocycles. The largest absolute Gasteiger partial charge is 0.480 e. The molecule has 0 aliphatic rings. The van der Waals surface area contributed by atoms with Crippen LogP contribution in [0.4, 0.5) is 0 Å². The standard InChI is InChI=1S/C13H16BrNO4/c1-8-3-4-9(7-10(8)14)12(16)15-11(13(17)18)5-6-19-2/h3-4,7,11H,5-6H2,1-2H3,(H,15,16)(H,17,18).